The summed E-state index contributed by atoms with van der Waals surface area (Å²) in [6, 6.07) is 0.468. The van der Waals surface area contributed by atoms with Crippen molar-refractivity contribution >= 4 is 17.6 Å². The molecule has 0 aromatic carbocycles. The van der Waals surface area contributed by atoms with E-state index in [4.69, 9.17) is 27.2 Å². The molecule has 0 saturated heterocycles. The van der Waals surface area contributed by atoms with E-state index in [0.717, 1.165) is 0 Å². The molecular weight excluding hydrogens is 222 g/mol. The van der Waals surface area contributed by atoms with Crippen LogP contribution < -0.4 is 10.5 Å². The zero-order valence-corrected chi connectivity index (χ0v) is 8.73. The lowest BCUT2D eigenvalue weighted by Gasteiger charge is -2.09. The summed E-state index contributed by atoms with van der Waals surface area (Å²) >= 11 is 5.62. The summed E-state index contributed by atoms with van der Waals surface area (Å²) in [5.41, 5.74) is 5.90. The van der Waals surface area contributed by atoms with Gasteiger partial charge in [-0.15, -0.1) is 10.2 Å². The molecule has 1 atom stereocenters. The molecule has 1 aromatic rings. The van der Waals surface area contributed by atoms with Gasteiger partial charge >= 0.3 is 5.97 Å². The van der Waals surface area contributed by atoms with Crippen molar-refractivity contribution in [2.45, 2.75) is 12.5 Å². The van der Waals surface area contributed by atoms with Crippen LogP contribution in [0, 0.1) is 0 Å². The number of nitrogens with zero attached hydrogens (tertiary/aromatic N) is 2. The number of methoxy groups -OCH3 is 1. The Morgan fingerprint density at radius 1 is 1.73 bits per heavy atom. The number of nitrogens with two attached hydrogens (primary N) is 1. The predicted molar refractivity (Wildman–Crippen MR) is 52.9 cm³/mol. The highest BCUT2D eigenvalue weighted by atomic mass is 35.5. The lowest BCUT2D eigenvalue weighted by atomic mass is 10.1. The number of hydrogen-bond donors (Lipinski definition) is 2. The molecule has 1 heterocycles. The first-order valence-electron chi connectivity index (χ1n) is 4.09. The maximum atomic E-state index is 10.6. The Morgan fingerprint density at radius 2 is 2.40 bits per heavy atom. The van der Waals surface area contributed by atoms with Crippen LogP contribution in [0.25, 0.3) is 0 Å². The molecule has 82 valence electrons. The minimum atomic E-state index is -1.09. The second-order valence-electron chi connectivity index (χ2n) is 2.85. The summed E-state index contributed by atoms with van der Waals surface area (Å²) in [6.07, 6.45) is 0.0910. The number of carboxylic acids is 1. The molecule has 1 rings (SSSR count). The fourth-order valence-electron chi connectivity index (χ4n) is 1.03. The standard InChI is InChI=1S/C8H10ClN3O3/c1-15-7-4(2-5(10)8(13)14)3-6(9)11-12-7/h3,5H,2,10H2,1H3,(H,13,14). The number of aromatic nitrogens is 2. The number of hydrogen-bond acceptors (Lipinski definition) is 5. The van der Waals surface area contributed by atoms with Crippen LogP contribution in [0.1, 0.15) is 5.56 Å². The van der Waals surface area contributed by atoms with E-state index in [0.29, 0.717) is 5.56 Å². The Kier molecular flexibility index (Phi) is 3.81. The Morgan fingerprint density at radius 3 is 2.93 bits per heavy atom. The van der Waals surface area contributed by atoms with Gasteiger partial charge in [0, 0.05) is 12.0 Å². The van der Waals surface area contributed by atoms with Gasteiger partial charge in [-0.2, -0.15) is 0 Å². The average Bonchev–Trinajstić information content (AvgIpc) is 2.18. The monoisotopic (exact) mass is 231 g/mol. The molecule has 1 aromatic heterocycles. The van der Waals surface area contributed by atoms with Gasteiger partial charge in [-0.05, 0) is 6.07 Å². The van der Waals surface area contributed by atoms with E-state index in [1.165, 1.54) is 13.2 Å². The maximum Gasteiger partial charge on any atom is 0.320 e. The molecule has 1 unspecified atom stereocenters. The SMILES string of the molecule is COc1nnc(Cl)cc1CC(N)C(=O)O. The van der Waals surface area contributed by atoms with Gasteiger partial charge < -0.3 is 15.6 Å². The minimum Gasteiger partial charge on any atom is -0.480 e. The molecule has 0 aliphatic rings. The van der Waals surface area contributed by atoms with Crippen molar-refractivity contribution in [1.29, 1.82) is 0 Å². The van der Waals surface area contributed by atoms with Crippen LogP contribution in [-0.2, 0) is 11.2 Å². The largest absolute Gasteiger partial charge is 0.480 e. The molecule has 0 spiro atoms. The zero-order valence-electron chi connectivity index (χ0n) is 7.98. The summed E-state index contributed by atoms with van der Waals surface area (Å²) in [6.45, 7) is 0. The third-order valence-corrected chi connectivity index (χ3v) is 1.94. The van der Waals surface area contributed by atoms with E-state index in [-0.39, 0.29) is 17.5 Å². The minimum absolute atomic E-state index is 0.0910. The zero-order chi connectivity index (χ0) is 11.4. The van der Waals surface area contributed by atoms with Crippen molar-refractivity contribution in [2.75, 3.05) is 7.11 Å². The Hall–Kier alpha value is -1.40. The molecule has 0 amide bonds. The quantitative estimate of drug-likeness (QED) is 0.762. The second kappa shape index (κ2) is 4.90. The first-order valence-corrected chi connectivity index (χ1v) is 4.47. The van der Waals surface area contributed by atoms with E-state index >= 15 is 0 Å². The van der Waals surface area contributed by atoms with Gasteiger partial charge in [0.25, 0.3) is 0 Å². The molecule has 0 aliphatic carbocycles. The summed E-state index contributed by atoms with van der Waals surface area (Å²) in [5, 5.41) is 16.0. The molecule has 0 saturated carbocycles. The van der Waals surface area contributed by atoms with Crippen molar-refractivity contribution in [3.05, 3.63) is 16.8 Å². The fraction of sp³-hybridized carbons (Fsp3) is 0.375. The molecular formula is C8H10ClN3O3. The van der Waals surface area contributed by atoms with Crippen LogP contribution >= 0.6 is 11.6 Å². The molecule has 6 nitrogen and oxygen atoms in total. The van der Waals surface area contributed by atoms with Gasteiger partial charge in [-0.25, -0.2) is 0 Å². The number of aliphatic carboxylic acids is 1. The first kappa shape index (κ1) is 11.7. The number of ether oxygens (including phenoxy) is 1. The van der Waals surface area contributed by atoms with Crippen molar-refractivity contribution in [1.82, 2.24) is 10.2 Å². The van der Waals surface area contributed by atoms with Crippen LogP contribution in [0.2, 0.25) is 5.15 Å². The molecule has 15 heavy (non-hydrogen) atoms. The Labute approximate surface area is 91.0 Å². The highest BCUT2D eigenvalue weighted by Gasteiger charge is 2.16. The smallest absolute Gasteiger partial charge is 0.320 e. The lowest BCUT2D eigenvalue weighted by molar-refractivity contribution is -0.138. The van der Waals surface area contributed by atoms with E-state index < -0.39 is 12.0 Å². The van der Waals surface area contributed by atoms with E-state index in [1.54, 1.807) is 0 Å². The average molecular weight is 232 g/mol. The summed E-state index contributed by atoms with van der Waals surface area (Å²) < 4.78 is 4.90. The first-order chi connectivity index (χ1) is 7.04. The number of carboxylic acid groups (broad SMARTS) is 1. The Bertz CT molecular complexity index is 372. The summed E-state index contributed by atoms with van der Waals surface area (Å²) in [7, 11) is 1.41. The van der Waals surface area contributed by atoms with Gasteiger partial charge in [0.2, 0.25) is 5.88 Å². The van der Waals surface area contributed by atoms with Crippen molar-refractivity contribution in [2.24, 2.45) is 5.73 Å². The van der Waals surface area contributed by atoms with Crippen LogP contribution in [0.4, 0.5) is 0 Å². The van der Waals surface area contributed by atoms with Crippen molar-refractivity contribution in [3.8, 4) is 5.88 Å². The molecule has 0 aliphatic heterocycles. The van der Waals surface area contributed by atoms with Gasteiger partial charge in [-0.3, -0.25) is 4.79 Å². The molecule has 0 bridgehead atoms. The normalized spacial score (nSPS) is 12.2. The maximum absolute atomic E-state index is 10.6. The van der Waals surface area contributed by atoms with Crippen LogP contribution in [0.15, 0.2) is 6.07 Å². The van der Waals surface area contributed by atoms with Crippen molar-refractivity contribution in [3.63, 3.8) is 0 Å². The molecule has 3 N–H and O–H groups in total. The molecule has 0 fully saturated rings. The summed E-state index contributed by atoms with van der Waals surface area (Å²) in [4.78, 5) is 10.6. The third kappa shape index (κ3) is 3.03. The van der Waals surface area contributed by atoms with Crippen molar-refractivity contribution < 1.29 is 14.6 Å². The van der Waals surface area contributed by atoms with Gasteiger partial charge in [-0.1, -0.05) is 11.6 Å². The van der Waals surface area contributed by atoms with Crippen LogP contribution in [0.3, 0.4) is 0 Å². The van der Waals surface area contributed by atoms with Crippen LogP contribution in [-0.4, -0.2) is 34.4 Å². The summed E-state index contributed by atoms with van der Waals surface area (Å²) in [5.74, 6) is -0.860. The highest BCUT2D eigenvalue weighted by molar-refractivity contribution is 6.29. The lowest BCUT2D eigenvalue weighted by Crippen LogP contribution is -2.32. The van der Waals surface area contributed by atoms with Gasteiger partial charge in [0.05, 0.1) is 7.11 Å². The molecule has 7 heteroatoms. The predicted octanol–water partition coefficient (Wildman–Crippen LogP) is 0.0930. The van der Waals surface area contributed by atoms with E-state index in [1.807, 2.05) is 0 Å². The topological polar surface area (TPSA) is 98.3 Å². The van der Waals surface area contributed by atoms with Gasteiger partial charge in [0.1, 0.15) is 6.04 Å². The van der Waals surface area contributed by atoms with E-state index in [2.05, 4.69) is 10.2 Å². The number of carbonyl (C=O) groups is 1. The number of rotatable bonds is 4. The fourth-order valence-corrected chi connectivity index (χ4v) is 1.20. The molecule has 0 radical (unpaired) electrons. The third-order valence-electron chi connectivity index (χ3n) is 1.75. The second-order valence-corrected chi connectivity index (χ2v) is 3.24. The van der Waals surface area contributed by atoms with Crippen LogP contribution in [0.5, 0.6) is 5.88 Å². The Balaban J connectivity index is 2.91. The van der Waals surface area contributed by atoms with Gasteiger partial charge in [0.15, 0.2) is 5.15 Å². The van der Waals surface area contributed by atoms with E-state index in [9.17, 15) is 4.79 Å². The number of halogens is 1. The highest BCUT2D eigenvalue weighted by Crippen LogP contribution is 2.18.